The second-order valence-electron chi connectivity index (χ2n) is 5.30. The number of benzene rings is 2. The van der Waals surface area contributed by atoms with Gasteiger partial charge in [-0.05, 0) is 48.4 Å². The number of fused-ring (bicyclic) bond motifs is 1. The van der Waals surface area contributed by atoms with Crippen molar-refractivity contribution < 1.29 is 19.0 Å². The standard InChI is InChI=1S/C19H17BrO4/c1-2-9-22-14-5-6-16(20)15(11-14)17(21)7-3-13-4-8-18-19(10-13)24-12-23-18/h3-8,10-11H,2,9,12H2,1H3. The Morgan fingerprint density at radius 2 is 2.04 bits per heavy atom. The summed E-state index contributed by atoms with van der Waals surface area (Å²) in [6.45, 7) is 2.90. The van der Waals surface area contributed by atoms with Crippen molar-refractivity contribution in [2.24, 2.45) is 0 Å². The van der Waals surface area contributed by atoms with E-state index in [0.29, 0.717) is 23.7 Å². The smallest absolute Gasteiger partial charge is 0.231 e. The summed E-state index contributed by atoms with van der Waals surface area (Å²) < 4.78 is 16.9. The van der Waals surface area contributed by atoms with Gasteiger partial charge < -0.3 is 14.2 Å². The molecule has 0 radical (unpaired) electrons. The maximum atomic E-state index is 12.5. The van der Waals surface area contributed by atoms with E-state index in [-0.39, 0.29) is 12.6 Å². The van der Waals surface area contributed by atoms with Crippen molar-refractivity contribution >= 4 is 27.8 Å². The van der Waals surface area contributed by atoms with Gasteiger partial charge in [-0.25, -0.2) is 0 Å². The Morgan fingerprint density at radius 3 is 2.88 bits per heavy atom. The van der Waals surface area contributed by atoms with E-state index in [0.717, 1.165) is 22.2 Å². The molecule has 4 nitrogen and oxygen atoms in total. The average molecular weight is 389 g/mol. The molecule has 0 aromatic heterocycles. The summed E-state index contributed by atoms with van der Waals surface area (Å²) >= 11 is 3.42. The van der Waals surface area contributed by atoms with Crippen LogP contribution in [0.15, 0.2) is 46.9 Å². The van der Waals surface area contributed by atoms with Crippen LogP contribution in [-0.4, -0.2) is 19.2 Å². The lowest BCUT2D eigenvalue weighted by atomic mass is 10.1. The maximum absolute atomic E-state index is 12.5. The van der Waals surface area contributed by atoms with Gasteiger partial charge in [0.25, 0.3) is 0 Å². The lowest BCUT2D eigenvalue weighted by Gasteiger charge is -2.07. The summed E-state index contributed by atoms with van der Waals surface area (Å²) in [5, 5.41) is 0. The molecule has 1 heterocycles. The van der Waals surface area contributed by atoms with Crippen LogP contribution in [0.1, 0.15) is 29.3 Å². The third-order valence-corrected chi connectivity index (χ3v) is 4.19. The van der Waals surface area contributed by atoms with Crippen molar-refractivity contribution in [3.63, 3.8) is 0 Å². The van der Waals surface area contributed by atoms with Crippen LogP contribution in [0.3, 0.4) is 0 Å². The van der Waals surface area contributed by atoms with Crippen LogP contribution < -0.4 is 14.2 Å². The zero-order chi connectivity index (χ0) is 16.9. The largest absolute Gasteiger partial charge is 0.494 e. The first-order chi connectivity index (χ1) is 11.7. The van der Waals surface area contributed by atoms with Crippen LogP contribution in [0.4, 0.5) is 0 Å². The van der Waals surface area contributed by atoms with Crippen LogP contribution in [0.5, 0.6) is 17.2 Å². The minimum absolute atomic E-state index is 0.0958. The molecular formula is C19H17BrO4. The normalized spacial score (nSPS) is 12.6. The summed E-state index contributed by atoms with van der Waals surface area (Å²) in [5.41, 5.74) is 1.45. The molecule has 0 bridgehead atoms. The van der Waals surface area contributed by atoms with Crippen LogP contribution in [0, 0.1) is 0 Å². The Hall–Kier alpha value is -2.27. The van der Waals surface area contributed by atoms with E-state index in [2.05, 4.69) is 15.9 Å². The van der Waals surface area contributed by atoms with Gasteiger partial charge in [-0.3, -0.25) is 4.79 Å². The first kappa shape index (κ1) is 16.6. The van der Waals surface area contributed by atoms with E-state index >= 15 is 0 Å². The predicted molar refractivity (Wildman–Crippen MR) is 95.9 cm³/mol. The molecule has 0 N–H and O–H groups in total. The van der Waals surface area contributed by atoms with Crippen LogP contribution in [0.2, 0.25) is 0 Å². The number of hydrogen-bond donors (Lipinski definition) is 0. The highest BCUT2D eigenvalue weighted by molar-refractivity contribution is 9.10. The van der Waals surface area contributed by atoms with Gasteiger partial charge in [0, 0.05) is 10.0 Å². The molecule has 0 atom stereocenters. The van der Waals surface area contributed by atoms with Crippen LogP contribution in [-0.2, 0) is 0 Å². The van der Waals surface area contributed by atoms with Gasteiger partial charge >= 0.3 is 0 Å². The first-order valence-corrected chi connectivity index (χ1v) is 8.51. The quantitative estimate of drug-likeness (QED) is 0.523. The second kappa shape index (κ2) is 7.53. The van der Waals surface area contributed by atoms with Gasteiger partial charge in [-0.2, -0.15) is 0 Å². The summed E-state index contributed by atoms with van der Waals surface area (Å²) in [5.74, 6) is 2.02. The minimum atomic E-state index is -0.0958. The molecule has 2 aromatic rings. The summed E-state index contributed by atoms with van der Waals surface area (Å²) in [6, 6.07) is 11.0. The Labute approximate surface area is 149 Å². The molecule has 0 spiro atoms. The molecule has 124 valence electrons. The van der Waals surface area contributed by atoms with Crippen molar-refractivity contribution in [1.29, 1.82) is 0 Å². The Balaban J connectivity index is 1.76. The van der Waals surface area contributed by atoms with Crippen LogP contribution in [0.25, 0.3) is 6.08 Å². The summed E-state index contributed by atoms with van der Waals surface area (Å²) in [6.07, 6.45) is 4.22. The van der Waals surface area contributed by atoms with Crippen molar-refractivity contribution in [1.82, 2.24) is 0 Å². The molecule has 2 aromatic carbocycles. The van der Waals surface area contributed by atoms with Gasteiger partial charge in [-0.1, -0.05) is 35.0 Å². The van der Waals surface area contributed by atoms with Gasteiger partial charge in [0.05, 0.1) is 6.61 Å². The van der Waals surface area contributed by atoms with Gasteiger partial charge in [0.1, 0.15) is 5.75 Å². The zero-order valence-corrected chi connectivity index (χ0v) is 14.8. The van der Waals surface area contributed by atoms with Gasteiger partial charge in [0.2, 0.25) is 6.79 Å². The van der Waals surface area contributed by atoms with E-state index in [1.807, 2.05) is 37.3 Å². The number of carbonyl (C=O) groups is 1. The third-order valence-electron chi connectivity index (χ3n) is 3.50. The van der Waals surface area contributed by atoms with Gasteiger partial charge in [0.15, 0.2) is 17.3 Å². The number of carbonyl (C=O) groups excluding carboxylic acids is 1. The number of allylic oxidation sites excluding steroid dienone is 1. The van der Waals surface area contributed by atoms with E-state index < -0.39 is 0 Å². The second-order valence-corrected chi connectivity index (χ2v) is 6.15. The minimum Gasteiger partial charge on any atom is -0.494 e. The van der Waals surface area contributed by atoms with E-state index in [1.54, 1.807) is 18.2 Å². The molecule has 3 rings (SSSR count). The lowest BCUT2D eigenvalue weighted by molar-refractivity contribution is 0.104. The van der Waals surface area contributed by atoms with Crippen molar-refractivity contribution in [2.45, 2.75) is 13.3 Å². The Morgan fingerprint density at radius 1 is 1.21 bits per heavy atom. The fourth-order valence-electron chi connectivity index (χ4n) is 2.28. The molecule has 1 aliphatic rings. The third kappa shape index (κ3) is 3.79. The van der Waals surface area contributed by atoms with Crippen molar-refractivity contribution in [3.8, 4) is 17.2 Å². The zero-order valence-electron chi connectivity index (χ0n) is 13.3. The molecule has 0 aliphatic carbocycles. The fourth-order valence-corrected chi connectivity index (χ4v) is 2.72. The lowest BCUT2D eigenvalue weighted by Crippen LogP contribution is -1.99. The Kier molecular flexibility index (Phi) is 5.20. The summed E-state index contributed by atoms with van der Waals surface area (Å²) in [7, 11) is 0. The van der Waals surface area contributed by atoms with E-state index in [1.165, 1.54) is 0 Å². The Bertz CT molecular complexity index is 783. The maximum Gasteiger partial charge on any atom is 0.231 e. The first-order valence-electron chi connectivity index (χ1n) is 7.72. The molecule has 1 aliphatic heterocycles. The fraction of sp³-hybridized carbons (Fsp3) is 0.211. The van der Waals surface area contributed by atoms with E-state index in [9.17, 15) is 4.79 Å². The molecular weight excluding hydrogens is 372 g/mol. The summed E-state index contributed by atoms with van der Waals surface area (Å²) in [4.78, 5) is 12.5. The van der Waals surface area contributed by atoms with Crippen molar-refractivity contribution in [3.05, 3.63) is 58.1 Å². The number of hydrogen-bond acceptors (Lipinski definition) is 4. The highest BCUT2D eigenvalue weighted by Crippen LogP contribution is 2.33. The van der Waals surface area contributed by atoms with Crippen molar-refractivity contribution in [2.75, 3.05) is 13.4 Å². The molecule has 0 saturated carbocycles. The number of ketones is 1. The molecule has 0 saturated heterocycles. The predicted octanol–water partition coefficient (Wildman–Crippen LogP) is 4.86. The topological polar surface area (TPSA) is 44.8 Å². The molecule has 0 fully saturated rings. The number of ether oxygens (including phenoxy) is 3. The SMILES string of the molecule is CCCOc1ccc(Br)c(C(=O)C=Cc2ccc3c(c2)OCO3)c1. The van der Waals surface area contributed by atoms with Crippen LogP contribution >= 0.6 is 15.9 Å². The average Bonchev–Trinajstić information content (AvgIpc) is 3.06. The number of halogens is 1. The monoisotopic (exact) mass is 388 g/mol. The molecule has 5 heteroatoms. The highest BCUT2D eigenvalue weighted by Gasteiger charge is 2.13. The highest BCUT2D eigenvalue weighted by atomic mass is 79.9. The number of rotatable bonds is 6. The molecule has 0 unspecified atom stereocenters. The van der Waals surface area contributed by atoms with E-state index in [4.69, 9.17) is 14.2 Å². The molecule has 24 heavy (non-hydrogen) atoms. The molecule has 0 amide bonds. The van der Waals surface area contributed by atoms with Gasteiger partial charge in [-0.15, -0.1) is 0 Å².